The fourth-order valence-electron chi connectivity index (χ4n) is 2.26. The van der Waals surface area contributed by atoms with Crippen LogP contribution in [0.3, 0.4) is 0 Å². The maximum Gasteiger partial charge on any atom is 0.277 e. The Kier molecular flexibility index (Phi) is 6.36. The molecule has 0 radical (unpaired) electrons. The Balaban J connectivity index is 1.49. The van der Waals surface area contributed by atoms with E-state index < -0.39 is 0 Å². The van der Waals surface area contributed by atoms with Gasteiger partial charge in [0.1, 0.15) is 5.75 Å². The quantitative estimate of drug-likeness (QED) is 0.578. The van der Waals surface area contributed by atoms with Crippen molar-refractivity contribution in [3.63, 3.8) is 0 Å². The first-order chi connectivity index (χ1) is 13.0. The Morgan fingerprint density at radius 2 is 2.04 bits per heavy atom. The molecule has 0 aliphatic carbocycles. The van der Waals surface area contributed by atoms with Gasteiger partial charge in [0.25, 0.3) is 11.1 Å². The highest BCUT2D eigenvalue weighted by Crippen LogP contribution is 2.24. The number of nitrogens with zero attached hydrogens (tertiary/aromatic N) is 2. The number of carbonyl (C=O) groups excluding carboxylic acids is 1. The molecule has 1 aromatic heterocycles. The number of nitrogens with one attached hydrogen (secondary N) is 1. The number of halogens is 1. The second-order valence-corrected chi connectivity index (χ2v) is 7.15. The van der Waals surface area contributed by atoms with Crippen LogP contribution in [0.4, 0.5) is 5.69 Å². The summed E-state index contributed by atoms with van der Waals surface area (Å²) in [5, 5.41) is 11.6. The third-order valence-electron chi connectivity index (χ3n) is 3.67. The number of anilines is 1. The summed E-state index contributed by atoms with van der Waals surface area (Å²) in [6.07, 6.45) is 0. The number of benzene rings is 2. The van der Waals surface area contributed by atoms with Crippen LogP contribution in [0.2, 0.25) is 5.02 Å². The molecule has 0 bridgehead atoms. The van der Waals surface area contributed by atoms with Crippen LogP contribution in [0.15, 0.2) is 52.1 Å². The highest BCUT2D eigenvalue weighted by Gasteiger charge is 2.12. The lowest BCUT2D eigenvalue weighted by atomic mass is 10.2. The number of thioether (sulfide) groups is 1. The number of hydrogen-bond donors (Lipinski definition) is 1. The molecule has 8 heteroatoms. The van der Waals surface area contributed by atoms with E-state index in [1.807, 2.05) is 38.1 Å². The minimum atomic E-state index is -0.180. The molecule has 0 saturated carbocycles. The molecule has 0 atom stereocenters. The normalized spacial score (nSPS) is 10.6. The Hall–Kier alpha value is -2.51. The topological polar surface area (TPSA) is 77.2 Å². The minimum Gasteiger partial charge on any atom is -0.484 e. The molecule has 1 heterocycles. The van der Waals surface area contributed by atoms with E-state index in [9.17, 15) is 4.79 Å². The van der Waals surface area contributed by atoms with Gasteiger partial charge in [0, 0.05) is 10.7 Å². The van der Waals surface area contributed by atoms with Crippen LogP contribution in [0, 0.1) is 13.8 Å². The maximum absolute atomic E-state index is 12.1. The molecule has 0 spiro atoms. The van der Waals surface area contributed by atoms with Gasteiger partial charge in [0.15, 0.2) is 6.61 Å². The molecule has 27 heavy (non-hydrogen) atoms. The molecule has 6 nitrogen and oxygen atoms in total. The number of aryl methyl sites for hydroxylation is 1. The van der Waals surface area contributed by atoms with Gasteiger partial charge in [0.05, 0.1) is 5.75 Å². The van der Waals surface area contributed by atoms with Gasteiger partial charge in [0.2, 0.25) is 5.91 Å². The van der Waals surface area contributed by atoms with Gasteiger partial charge in [-0.3, -0.25) is 4.79 Å². The van der Waals surface area contributed by atoms with Crippen molar-refractivity contribution in [2.75, 3.05) is 11.1 Å². The lowest BCUT2D eigenvalue weighted by Gasteiger charge is -2.08. The van der Waals surface area contributed by atoms with E-state index in [0.29, 0.717) is 21.8 Å². The molecule has 3 aromatic rings. The van der Waals surface area contributed by atoms with E-state index in [-0.39, 0.29) is 18.3 Å². The van der Waals surface area contributed by atoms with Crippen LogP contribution >= 0.6 is 23.4 Å². The first-order valence-corrected chi connectivity index (χ1v) is 9.57. The summed E-state index contributed by atoms with van der Waals surface area (Å²) < 4.78 is 11.1. The van der Waals surface area contributed by atoms with Gasteiger partial charge >= 0.3 is 0 Å². The molecule has 3 rings (SSSR count). The van der Waals surface area contributed by atoms with E-state index in [1.165, 1.54) is 0 Å². The number of aromatic nitrogens is 2. The number of hydrogen-bond acceptors (Lipinski definition) is 6. The molecule has 140 valence electrons. The highest BCUT2D eigenvalue weighted by molar-refractivity contribution is 7.99. The van der Waals surface area contributed by atoms with Gasteiger partial charge in [-0.05, 0) is 49.2 Å². The Bertz CT molecular complexity index is 945. The smallest absolute Gasteiger partial charge is 0.277 e. The summed E-state index contributed by atoms with van der Waals surface area (Å²) in [7, 11) is 0. The molecule has 0 saturated heterocycles. The second-order valence-electron chi connectivity index (χ2n) is 5.82. The fourth-order valence-corrected chi connectivity index (χ4v) is 3.02. The van der Waals surface area contributed by atoms with Gasteiger partial charge in [-0.1, -0.05) is 41.6 Å². The first kappa shape index (κ1) is 19.3. The van der Waals surface area contributed by atoms with Crippen molar-refractivity contribution in [3.05, 3.63) is 64.5 Å². The van der Waals surface area contributed by atoms with E-state index in [4.69, 9.17) is 20.8 Å². The van der Waals surface area contributed by atoms with Crippen LogP contribution in [0.25, 0.3) is 0 Å². The molecule has 1 N–H and O–H groups in total. The Labute approximate surface area is 166 Å². The highest BCUT2D eigenvalue weighted by atomic mass is 35.5. The van der Waals surface area contributed by atoms with E-state index in [0.717, 1.165) is 28.6 Å². The van der Waals surface area contributed by atoms with Crippen molar-refractivity contribution >= 4 is 35.0 Å². The van der Waals surface area contributed by atoms with Gasteiger partial charge in [-0.2, -0.15) is 0 Å². The second kappa shape index (κ2) is 8.92. The number of carbonyl (C=O) groups is 1. The van der Waals surface area contributed by atoms with Crippen LogP contribution in [-0.2, 0) is 11.4 Å². The molecule has 0 fully saturated rings. The predicted octanol–water partition coefficient (Wildman–Crippen LogP) is 4.65. The lowest BCUT2D eigenvalue weighted by molar-refractivity contribution is -0.113. The van der Waals surface area contributed by atoms with E-state index in [2.05, 4.69) is 15.5 Å². The zero-order valence-electron chi connectivity index (χ0n) is 14.9. The predicted molar refractivity (Wildman–Crippen MR) is 105 cm³/mol. The van der Waals surface area contributed by atoms with E-state index >= 15 is 0 Å². The Morgan fingerprint density at radius 1 is 1.22 bits per heavy atom. The number of ether oxygens (including phenoxy) is 1. The summed E-state index contributed by atoms with van der Waals surface area (Å²) in [6, 6.07) is 13.1. The summed E-state index contributed by atoms with van der Waals surface area (Å²) in [5.74, 6) is 1.05. The third kappa shape index (κ3) is 5.48. The zero-order chi connectivity index (χ0) is 19.2. The number of rotatable bonds is 7. The molecule has 1 amide bonds. The average molecular weight is 404 g/mol. The summed E-state index contributed by atoms with van der Waals surface area (Å²) in [6.45, 7) is 4.01. The van der Waals surface area contributed by atoms with Gasteiger partial charge in [-0.25, -0.2) is 0 Å². The van der Waals surface area contributed by atoms with Crippen LogP contribution in [-0.4, -0.2) is 21.9 Å². The summed E-state index contributed by atoms with van der Waals surface area (Å²) in [5.41, 5.74) is 2.62. The number of amides is 1. The molecule has 0 aliphatic rings. The molecular weight excluding hydrogens is 386 g/mol. The van der Waals surface area contributed by atoms with Crippen molar-refractivity contribution in [1.82, 2.24) is 10.2 Å². The summed E-state index contributed by atoms with van der Waals surface area (Å²) >= 11 is 7.22. The standard InChI is InChI=1S/C19H18ClN3O3S/c1-12-5-3-6-14(9-12)25-10-18-22-23-19(26-18)27-11-17(24)21-16-8-4-7-15(20)13(16)2/h3-9H,10-11H2,1-2H3,(H,21,24). The molecule has 2 aromatic carbocycles. The van der Waals surface area contributed by atoms with Crippen molar-refractivity contribution in [2.45, 2.75) is 25.7 Å². The van der Waals surface area contributed by atoms with Gasteiger partial charge < -0.3 is 14.5 Å². The maximum atomic E-state index is 12.1. The van der Waals surface area contributed by atoms with Crippen LogP contribution < -0.4 is 10.1 Å². The SMILES string of the molecule is Cc1cccc(OCc2nnc(SCC(=O)Nc3cccc(Cl)c3C)o2)c1. The summed E-state index contributed by atoms with van der Waals surface area (Å²) in [4.78, 5) is 12.1. The first-order valence-electron chi connectivity index (χ1n) is 8.21. The fraction of sp³-hybridized carbons (Fsp3) is 0.211. The van der Waals surface area contributed by atoms with Crippen molar-refractivity contribution in [3.8, 4) is 5.75 Å². The minimum absolute atomic E-state index is 0.145. The van der Waals surface area contributed by atoms with Gasteiger partial charge in [-0.15, -0.1) is 10.2 Å². The van der Waals surface area contributed by atoms with E-state index in [1.54, 1.807) is 18.2 Å². The van der Waals surface area contributed by atoms with Crippen molar-refractivity contribution in [1.29, 1.82) is 0 Å². The van der Waals surface area contributed by atoms with Crippen LogP contribution in [0.1, 0.15) is 17.0 Å². The average Bonchev–Trinajstić information content (AvgIpc) is 3.10. The zero-order valence-corrected chi connectivity index (χ0v) is 16.4. The molecule has 0 aliphatic heterocycles. The van der Waals surface area contributed by atoms with Crippen molar-refractivity contribution < 1.29 is 13.9 Å². The molecular formula is C19H18ClN3O3S. The third-order valence-corrected chi connectivity index (χ3v) is 4.90. The van der Waals surface area contributed by atoms with Crippen LogP contribution in [0.5, 0.6) is 5.75 Å². The van der Waals surface area contributed by atoms with Crippen molar-refractivity contribution in [2.24, 2.45) is 0 Å². The Morgan fingerprint density at radius 3 is 2.85 bits per heavy atom. The monoisotopic (exact) mass is 403 g/mol. The largest absolute Gasteiger partial charge is 0.484 e. The lowest BCUT2D eigenvalue weighted by Crippen LogP contribution is -2.14. The molecule has 0 unspecified atom stereocenters.